The predicted octanol–water partition coefficient (Wildman–Crippen LogP) is 3.04. The molecule has 2 aromatic rings. The molecule has 218 valence electrons. The highest BCUT2D eigenvalue weighted by Crippen LogP contribution is 2.56. The van der Waals surface area contributed by atoms with Crippen molar-refractivity contribution in [2.24, 2.45) is 16.6 Å². The van der Waals surface area contributed by atoms with E-state index in [4.69, 9.17) is 10.5 Å². The van der Waals surface area contributed by atoms with E-state index in [-0.39, 0.29) is 24.4 Å². The molecule has 2 fully saturated rings. The fourth-order valence-corrected chi connectivity index (χ4v) is 9.43. The first-order chi connectivity index (χ1) is 18.6. The molecule has 6 atom stereocenters. The summed E-state index contributed by atoms with van der Waals surface area (Å²) >= 11 is 0. The largest absolute Gasteiger partial charge is 0.369 e. The van der Waals surface area contributed by atoms with Gasteiger partial charge in [-0.2, -0.15) is 0 Å². The molecule has 0 bridgehead atoms. The van der Waals surface area contributed by atoms with Crippen LogP contribution in [-0.4, -0.2) is 61.6 Å². The minimum Gasteiger partial charge on any atom is -0.369 e. The van der Waals surface area contributed by atoms with E-state index in [2.05, 4.69) is 15.3 Å². The van der Waals surface area contributed by atoms with Gasteiger partial charge in [-0.3, -0.25) is 4.98 Å². The van der Waals surface area contributed by atoms with Gasteiger partial charge in [0.2, 0.25) is 16.0 Å². The van der Waals surface area contributed by atoms with E-state index < -0.39 is 65.3 Å². The number of aliphatic imine (C=N–C) groups is 1. The second-order valence-corrected chi connectivity index (χ2v) is 15.8. The maximum Gasteiger partial charge on any atom is 0.245 e. The van der Waals surface area contributed by atoms with Crippen LogP contribution in [0.4, 0.5) is 14.5 Å². The first-order valence-electron chi connectivity index (χ1n) is 13.0. The van der Waals surface area contributed by atoms with Gasteiger partial charge in [0.1, 0.15) is 37.9 Å². The number of benzene rings is 1. The molecule has 1 spiro atoms. The summed E-state index contributed by atoms with van der Waals surface area (Å²) in [6, 6.07) is 7.01. The Morgan fingerprint density at radius 2 is 1.98 bits per heavy atom. The number of guanidine groups is 1. The number of sulfone groups is 1. The molecule has 2 aliphatic heterocycles. The Bertz CT molecular complexity index is 1570. The highest BCUT2D eigenvalue weighted by Gasteiger charge is 2.65. The van der Waals surface area contributed by atoms with Crippen LogP contribution in [0.2, 0.25) is 0 Å². The Balaban J connectivity index is 1.55. The molecule has 1 saturated heterocycles. The normalized spacial score (nSPS) is 32.4. The first-order valence-corrected chi connectivity index (χ1v) is 16.4. The number of anilines is 1. The first kappa shape index (κ1) is 28.7. The van der Waals surface area contributed by atoms with Gasteiger partial charge in [-0.1, -0.05) is 6.42 Å². The van der Waals surface area contributed by atoms with Crippen molar-refractivity contribution < 1.29 is 30.4 Å². The van der Waals surface area contributed by atoms with E-state index in [9.17, 15) is 21.2 Å². The van der Waals surface area contributed by atoms with Crippen LogP contribution in [0.15, 0.2) is 41.5 Å². The smallest absolute Gasteiger partial charge is 0.245 e. The van der Waals surface area contributed by atoms with Crippen LogP contribution in [0.3, 0.4) is 0 Å². The predicted molar refractivity (Wildman–Crippen MR) is 146 cm³/mol. The Morgan fingerprint density at radius 3 is 2.62 bits per heavy atom. The number of hydrogen-bond acceptors (Lipinski definition) is 9. The van der Waals surface area contributed by atoms with Gasteiger partial charge in [-0.25, -0.2) is 34.9 Å². The number of aromatic nitrogens is 1. The second kappa shape index (κ2) is 9.62. The molecule has 3 N–H and O–H groups in total. The lowest BCUT2D eigenvalue weighted by molar-refractivity contribution is 0.183. The lowest BCUT2D eigenvalue weighted by Crippen LogP contribution is -2.66. The molecule has 6 unspecified atom stereocenters. The average Bonchev–Trinajstić information content (AvgIpc) is 3.66. The van der Waals surface area contributed by atoms with Crippen molar-refractivity contribution >= 4 is 31.5 Å². The number of pyridine rings is 1. The van der Waals surface area contributed by atoms with Gasteiger partial charge in [0.15, 0.2) is 6.23 Å². The highest BCUT2D eigenvalue weighted by molar-refractivity contribution is 7.91. The molecule has 3 aliphatic rings. The quantitative estimate of drug-likeness (QED) is 0.483. The minimum absolute atomic E-state index is 0.0156. The molecule has 0 amide bonds. The molecule has 10 nitrogen and oxygen atoms in total. The fourth-order valence-electron chi connectivity index (χ4n) is 6.20. The summed E-state index contributed by atoms with van der Waals surface area (Å²) in [5, 5.41) is 2.35. The van der Waals surface area contributed by atoms with Gasteiger partial charge < -0.3 is 15.8 Å². The van der Waals surface area contributed by atoms with Crippen molar-refractivity contribution in [3.63, 3.8) is 0 Å². The molecule has 1 aliphatic carbocycles. The van der Waals surface area contributed by atoms with Gasteiger partial charge in [0.05, 0.1) is 17.1 Å². The molecule has 40 heavy (non-hydrogen) atoms. The summed E-state index contributed by atoms with van der Waals surface area (Å²) in [6.45, 7) is 3.14. The number of hydrogen-bond donors (Lipinski definition) is 2. The van der Waals surface area contributed by atoms with Gasteiger partial charge in [-0.15, -0.1) is 0 Å². The lowest BCUT2D eigenvalue weighted by atomic mass is 9.67. The van der Waals surface area contributed by atoms with E-state index in [1.807, 2.05) is 0 Å². The topological polar surface area (TPSA) is 147 Å². The lowest BCUT2D eigenvalue weighted by Gasteiger charge is -2.54. The number of nitrogens with two attached hydrogens (primary N) is 1. The van der Waals surface area contributed by atoms with E-state index >= 15 is 4.39 Å². The Kier molecular flexibility index (Phi) is 6.90. The summed E-state index contributed by atoms with van der Waals surface area (Å²) in [5.74, 6) is -1.90. The molecule has 1 aromatic heterocycles. The van der Waals surface area contributed by atoms with Crippen molar-refractivity contribution in [1.82, 2.24) is 9.29 Å². The summed E-state index contributed by atoms with van der Waals surface area (Å²) in [5.41, 5.74) is 5.43. The van der Waals surface area contributed by atoms with E-state index in [0.29, 0.717) is 24.2 Å². The molecule has 1 aromatic carbocycles. The number of nitrogens with zero attached hydrogens (tertiary/aromatic N) is 3. The average molecular weight is 598 g/mol. The molecule has 5 rings (SSSR count). The minimum atomic E-state index is -4.20. The molecular weight excluding hydrogens is 564 g/mol. The van der Waals surface area contributed by atoms with Gasteiger partial charge in [0.25, 0.3) is 0 Å². The maximum atomic E-state index is 15.7. The number of epoxide rings is 1. The van der Waals surface area contributed by atoms with E-state index in [1.165, 1.54) is 37.4 Å². The van der Waals surface area contributed by atoms with Crippen LogP contribution >= 0.6 is 0 Å². The van der Waals surface area contributed by atoms with Crippen LogP contribution in [0.1, 0.15) is 56.9 Å². The number of sulfonamides is 1. The SMILES string of the molecule is CC(C1CCCC2(C1)C(C)(c1cc(NC3OC3c3ccc(F)cn3)ccc1F)N=C(N)N(C)S2(=O)=O)S(C)(=O)=O. The van der Waals surface area contributed by atoms with Crippen molar-refractivity contribution in [3.8, 4) is 0 Å². The van der Waals surface area contributed by atoms with Crippen LogP contribution in [0.5, 0.6) is 0 Å². The van der Waals surface area contributed by atoms with Crippen molar-refractivity contribution in [2.75, 3.05) is 18.6 Å². The van der Waals surface area contributed by atoms with Crippen LogP contribution in [-0.2, 0) is 30.1 Å². The summed E-state index contributed by atoms with van der Waals surface area (Å²) < 4.78 is 87.0. The van der Waals surface area contributed by atoms with E-state index in [1.54, 1.807) is 13.8 Å². The summed E-state index contributed by atoms with van der Waals surface area (Å²) in [6.07, 6.45) is 2.35. The zero-order valence-electron chi connectivity index (χ0n) is 22.6. The van der Waals surface area contributed by atoms with Crippen molar-refractivity contribution in [1.29, 1.82) is 0 Å². The molecule has 14 heteroatoms. The van der Waals surface area contributed by atoms with Gasteiger partial charge >= 0.3 is 0 Å². The third kappa shape index (κ3) is 4.53. The zero-order chi connectivity index (χ0) is 29.3. The van der Waals surface area contributed by atoms with Gasteiger partial charge in [-0.05, 0) is 69.4 Å². The van der Waals surface area contributed by atoms with Gasteiger partial charge in [0, 0.05) is 24.6 Å². The number of ether oxygens (including phenoxy) is 1. The monoisotopic (exact) mass is 597 g/mol. The van der Waals surface area contributed by atoms with Crippen LogP contribution < -0.4 is 11.1 Å². The maximum absolute atomic E-state index is 15.7. The Morgan fingerprint density at radius 1 is 1.25 bits per heavy atom. The van der Waals surface area contributed by atoms with Crippen molar-refractivity contribution in [2.45, 2.75) is 67.4 Å². The summed E-state index contributed by atoms with van der Waals surface area (Å²) in [7, 11) is -6.36. The van der Waals surface area contributed by atoms with Crippen LogP contribution in [0.25, 0.3) is 0 Å². The number of nitrogens with one attached hydrogen (secondary N) is 1. The number of rotatable bonds is 6. The molecule has 0 radical (unpaired) electrons. The second-order valence-electron chi connectivity index (χ2n) is 11.1. The summed E-state index contributed by atoms with van der Waals surface area (Å²) in [4.78, 5) is 8.64. The molecular formula is C26H33F2N5O5S2. The molecule has 1 saturated carbocycles. The zero-order valence-corrected chi connectivity index (χ0v) is 24.3. The number of halogens is 2. The molecule has 3 heterocycles. The standard InChI is InChI=1S/C26H33F2N5O5S2/c1-15(39(4,34)35)16-6-5-11-26(13-16)25(2,32-24(29)33(3)40(26,36)37)19-12-18(8-9-20(19)28)31-23-22(38-23)21-10-7-17(27)14-30-21/h7-10,12,14-16,22-23,31H,5-6,11,13H2,1-4H3,(H2,29,32). The Labute approximate surface area is 233 Å². The highest BCUT2D eigenvalue weighted by atomic mass is 32.2. The third-order valence-corrected chi connectivity index (χ3v) is 13.2. The van der Waals surface area contributed by atoms with E-state index in [0.717, 1.165) is 16.8 Å². The third-order valence-electron chi connectivity index (χ3n) is 8.82. The fraction of sp³-hybridized carbons (Fsp3) is 0.538. The van der Waals surface area contributed by atoms with Crippen molar-refractivity contribution in [3.05, 3.63) is 59.4 Å². The van der Waals surface area contributed by atoms with Crippen LogP contribution in [0, 0.1) is 17.6 Å². The Hall–Kier alpha value is -2.84.